The monoisotopic (exact) mass is 303 g/mol. The minimum absolute atomic E-state index is 0.0723. The van der Waals surface area contributed by atoms with E-state index in [1.807, 2.05) is 36.4 Å². The van der Waals surface area contributed by atoms with Crippen molar-refractivity contribution in [3.63, 3.8) is 0 Å². The van der Waals surface area contributed by atoms with Crippen LogP contribution in [0.1, 0.15) is 24.0 Å². The SMILES string of the molecule is C[C@H](CNC(=O)Cc1ccc2ccccc2c1)c1ccccc1. The Morgan fingerprint density at radius 1 is 0.913 bits per heavy atom. The topological polar surface area (TPSA) is 29.1 Å². The number of carbonyl (C=O) groups is 1. The predicted molar refractivity (Wildman–Crippen MR) is 95.5 cm³/mol. The molecule has 3 rings (SSSR count). The van der Waals surface area contributed by atoms with Crippen LogP contribution in [0.2, 0.25) is 0 Å². The van der Waals surface area contributed by atoms with E-state index in [0.717, 1.165) is 5.56 Å². The molecule has 2 nitrogen and oxygen atoms in total. The third-order valence-electron chi connectivity index (χ3n) is 4.15. The number of carbonyl (C=O) groups excluding carboxylic acids is 1. The van der Waals surface area contributed by atoms with E-state index in [9.17, 15) is 4.79 Å². The van der Waals surface area contributed by atoms with Gasteiger partial charge in [0.2, 0.25) is 5.91 Å². The summed E-state index contributed by atoms with van der Waals surface area (Å²) in [7, 11) is 0. The third-order valence-corrected chi connectivity index (χ3v) is 4.15. The average Bonchev–Trinajstić information content (AvgIpc) is 2.60. The first-order valence-corrected chi connectivity index (χ1v) is 8.02. The van der Waals surface area contributed by atoms with Gasteiger partial charge in [0, 0.05) is 6.54 Å². The van der Waals surface area contributed by atoms with Gasteiger partial charge in [-0.2, -0.15) is 0 Å². The molecule has 0 saturated carbocycles. The lowest BCUT2D eigenvalue weighted by Gasteiger charge is -2.13. The van der Waals surface area contributed by atoms with Crippen LogP contribution in [0.5, 0.6) is 0 Å². The van der Waals surface area contributed by atoms with Crippen LogP contribution in [-0.2, 0) is 11.2 Å². The molecule has 3 aromatic carbocycles. The van der Waals surface area contributed by atoms with E-state index in [0.29, 0.717) is 18.9 Å². The molecule has 0 aromatic heterocycles. The summed E-state index contributed by atoms with van der Waals surface area (Å²) in [6.07, 6.45) is 0.423. The molecule has 3 aromatic rings. The zero-order valence-electron chi connectivity index (χ0n) is 13.3. The highest BCUT2D eigenvalue weighted by molar-refractivity contribution is 5.85. The molecule has 0 spiro atoms. The molecule has 0 unspecified atom stereocenters. The number of rotatable bonds is 5. The molecule has 0 fully saturated rings. The molecule has 0 saturated heterocycles. The first-order chi connectivity index (χ1) is 11.2. The van der Waals surface area contributed by atoms with Crippen molar-refractivity contribution >= 4 is 16.7 Å². The van der Waals surface area contributed by atoms with Crippen molar-refractivity contribution in [1.82, 2.24) is 5.32 Å². The first-order valence-electron chi connectivity index (χ1n) is 8.02. The summed E-state index contributed by atoms with van der Waals surface area (Å²) in [4.78, 5) is 12.2. The van der Waals surface area contributed by atoms with Crippen LogP contribution < -0.4 is 5.32 Å². The quantitative estimate of drug-likeness (QED) is 0.748. The minimum Gasteiger partial charge on any atom is -0.355 e. The Balaban J connectivity index is 1.58. The van der Waals surface area contributed by atoms with Crippen LogP contribution in [0.15, 0.2) is 72.8 Å². The average molecular weight is 303 g/mol. The first kappa shape index (κ1) is 15.3. The fourth-order valence-corrected chi connectivity index (χ4v) is 2.76. The zero-order chi connectivity index (χ0) is 16.1. The molecule has 2 heteroatoms. The second-order valence-corrected chi connectivity index (χ2v) is 5.97. The molecule has 1 N–H and O–H groups in total. The maximum atomic E-state index is 12.2. The van der Waals surface area contributed by atoms with Gasteiger partial charge in [-0.1, -0.05) is 79.7 Å². The third kappa shape index (κ3) is 3.98. The summed E-state index contributed by atoms with van der Waals surface area (Å²) in [5.74, 6) is 0.389. The van der Waals surface area contributed by atoms with E-state index >= 15 is 0 Å². The largest absolute Gasteiger partial charge is 0.355 e. The van der Waals surface area contributed by atoms with Gasteiger partial charge in [-0.15, -0.1) is 0 Å². The van der Waals surface area contributed by atoms with Gasteiger partial charge >= 0.3 is 0 Å². The van der Waals surface area contributed by atoms with E-state index in [-0.39, 0.29) is 5.91 Å². The van der Waals surface area contributed by atoms with Gasteiger partial charge in [0.1, 0.15) is 0 Å². The molecule has 0 aliphatic rings. The Bertz CT molecular complexity index is 795. The van der Waals surface area contributed by atoms with Crippen molar-refractivity contribution in [2.75, 3.05) is 6.54 Å². The number of amides is 1. The molecule has 23 heavy (non-hydrogen) atoms. The predicted octanol–water partition coefficient (Wildman–Crippen LogP) is 4.30. The van der Waals surface area contributed by atoms with Gasteiger partial charge in [-0.3, -0.25) is 4.79 Å². The van der Waals surface area contributed by atoms with Crippen molar-refractivity contribution in [3.8, 4) is 0 Å². The lowest BCUT2D eigenvalue weighted by atomic mass is 10.0. The molecule has 0 radical (unpaired) electrons. The van der Waals surface area contributed by atoms with E-state index in [1.54, 1.807) is 0 Å². The molecule has 0 aliphatic heterocycles. The van der Waals surface area contributed by atoms with Gasteiger partial charge in [-0.05, 0) is 27.8 Å². The van der Waals surface area contributed by atoms with E-state index in [4.69, 9.17) is 0 Å². The van der Waals surface area contributed by atoms with E-state index in [2.05, 4.69) is 48.6 Å². The van der Waals surface area contributed by atoms with Crippen LogP contribution in [0.4, 0.5) is 0 Å². The van der Waals surface area contributed by atoms with Gasteiger partial charge in [0.05, 0.1) is 6.42 Å². The lowest BCUT2D eigenvalue weighted by Crippen LogP contribution is -2.28. The Kier molecular flexibility index (Phi) is 4.72. The summed E-state index contributed by atoms with van der Waals surface area (Å²) in [5.41, 5.74) is 2.30. The molecular weight excluding hydrogens is 282 g/mol. The number of nitrogens with one attached hydrogen (secondary N) is 1. The van der Waals surface area contributed by atoms with Crippen LogP contribution in [0.25, 0.3) is 10.8 Å². The smallest absolute Gasteiger partial charge is 0.224 e. The van der Waals surface area contributed by atoms with Crippen molar-refractivity contribution in [2.24, 2.45) is 0 Å². The molecule has 1 amide bonds. The van der Waals surface area contributed by atoms with Gasteiger partial charge in [0.25, 0.3) is 0 Å². The number of benzene rings is 3. The van der Waals surface area contributed by atoms with Crippen molar-refractivity contribution in [1.29, 1.82) is 0 Å². The van der Waals surface area contributed by atoms with Crippen LogP contribution in [0.3, 0.4) is 0 Å². The van der Waals surface area contributed by atoms with Crippen molar-refractivity contribution in [3.05, 3.63) is 83.9 Å². The second-order valence-electron chi connectivity index (χ2n) is 5.97. The van der Waals surface area contributed by atoms with Crippen molar-refractivity contribution in [2.45, 2.75) is 19.3 Å². The number of fused-ring (bicyclic) bond motifs is 1. The molecule has 0 bridgehead atoms. The summed E-state index contributed by atoms with van der Waals surface area (Å²) in [6.45, 7) is 2.79. The molecule has 0 aliphatic carbocycles. The normalized spacial score (nSPS) is 12.0. The zero-order valence-corrected chi connectivity index (χ0v) is 13.3. The molecule has 116 valence electrons. The second kappa shape index (κ2) is 7.10. The standard InChI is InChI=1S/C21H21NO/c1-16(18-7-3-2-4-8-18)15-22-21(23)14-17-11-12-19-9-5-6-10-20(19)13-17/h2-13,16H,14-15H2,1H3,(H,22,23)/t16-/m1/s1. The molecule has 0 heterocycles. The molecular formula is C21H21NO. The highest BCUT2D eigenvalue weighted by Gasteiger charge is 2.08. The Hall–Kier alpha value is -2.61. The van der Waals surface area contributed by atoms with Crippen molar-refractivity contribution < 1.29 is 4.79 Å². The Morgan fingerprint density at radius 2 is 1.61 bits per heavy atom. The maximum absolute atomic E-state index is 12.2. The van der Waals surface area contributed by atoms with Crippen LogP contribution in [-0.4, -0.2) is 12.5 Å². The maximum Gasteiger partial charge on any atom is 0.224 e. The van der Waals surface area contributed by atoms with Crippen LogP contribution >= 0.6 is 0 Å². The molecule has 1 atom stereocenters. The van der Waals surface area contributed by atoms with E-state index < -0.39 is 0 Å². The minimum atomic E-state index is 0.0723. The Labute approximate surface area is 137 Å². The summed E-state index contributed by atoms with van der Waals surface area (Å²) in [6, 6.07) is 24.7. The fourth-order valence-electron chi connectivity index (χ4n) is 2.76. The van der Waals surface area contributed by atoms with E-state index in [1.165, 1.54) is 16.3 Å². The van der Waals surface area contributed by atoms with Crippen LogP contribution in [0, 0.1) is 0 Å². The number of hydrogen-bond acceptors (Lipinski definition) is 1. The summed E-state index contributed by atoms with van der Waals surface area (Å²) >= 11 is 0. The summed E-state index contributed by atoms with van der Waals surface area (Å²) in [5, 5.41) is 5.42. The van der Waals surface area contributed by atoms with Gasteiger partial charge in [-0.25, -0.2) is 0 Å². The number of hydrogen-bond donors (Lipinski definition) is 1. The highest BCUT2D eigenvalue weighted by atomic mass is 16.1. The Morgan fingerprint density at radius 3 is 2.39 bits per heavy atom. The summed E-state index contributed by atoms with van der Waals surface area (Å²) < 4.78 is 0. The van der Waals surface area contributed by atoms with Gasteiger partial charge in [0.15, 0.2) is 0 Å². The lowest BCUT2D eigenvalue weighted by molar-refractivity contribution is -0.120. The van der Waals surface area contributed by atoms with Gasteiger partial charge < -0.3 is 5.32 Å². The highest BCUT2D eigenvalue weighted by Crippen LogP contribution is 2.16. The fraction of sp³-hybridized carbons (Fsp3) is 0.190.